The lowest BCUT2D eigenvalue weighted by Gasteiger charge is -2.21. The van der Waals surface area contributed by atoms with E-state index in [1.54, 1.807) is 27.3 Å². The molecular weight excluding hydrogens is 306 g/mol. The minimum atomic E-state index is -0.759. The normalized spacial score (nSPS) is 11.7. The van der Waals surface area contributed by atoms with Gasteiger partial charge in [-0.1, -0.05) is 24.3 Å². The van der Waals surface area contributed by atoms with Crippen molar-refractivity contribution in [3.63, 3.8) is 0 Å². The molecule has 0 aromatic heterocycles. The van der Waals surface area contributed by atoms with E-state index in [4.69, 9.17) is 9.47 Å². The SMILES string of the molecule is COc1ccc(CC(=O)N(C)CC(O)c2cccc(OC)c2)cc1. The number of aliphatic hydroxyl groups excluding tert-OH is 1. The first-order valence-corrected chi connectivity index (χ1v) is 7.72. The second-order valence-electron chi connectivity index (χ2n) is 5.59. The molecule has 2 aromatic rings. The van der Waals surface area contributed by atoms with Crippen LogP contribution in [0.4, 0.5) is 0 Å². The topological polar surface area (TPSA) is 59.0 Å². The first kappa shape index (κ1) is 17.8. The third-order valence-corrected chi connectivity index (χ3v) is 3.87. The zero-order valence-corrected chi connectivity index (χ0v) is 14.2. The summed E-state index contributed by atoms with van der Waals surface area (Å²) >= 11 is 0. The third kappa shape index (κ3) is 4.73. The van der Waals surface area contributed by atoms with Crippen molar-refractivity contribution in [2.24, 2.45) is 0 Å². The minimum absolute atomic E-state index is 0.0536. The van der Waals surface area contributed by atoms with Crippen molar-refractivity contribution in [1.82, 2.24) is 4.90 Å². The standard InChI is InChI=1S/C19H23NO4/c1-20(13-18(21)15-5-4-6-17(12-15)24-3)19(22)11-14-7-9-16(23-2)10-8-14/h4-10,12,18,21H,11,13H2,1-3H3. The molecule has 1 N–H and O–H groups in total. The Morgan fingerprint density at radius 1 is 1.08 bits per heavy atom. The number of aliphatic hydroxyl groups is 1. The van der Waals surface area contributed by atoms with Crippen LogP contribution in [0, 0.1) is 0 Å². The molecule has 0 aliphatic carbocycles. The molecule has 24 heavy (non-hydrogen) atoms. The molecule has 0 aliphatic rings. The van der Waals surface area contributed by atoms with E-state index in [0.717, 1.165) is 16.9 Å². The Morgan fingerprint density at radius 3 is 2.38 bits per heavy atom. The minimum Gasteiger partial charge on any atom is -0.497 e. The van der Waals surface area contributed by atoms with Crippen LogP contribution in [0.2, 0.25) is 0 Å². The van der Waals surface area contributed by atoms with E-state index in [0.29, 0.717) is 5.75 Å². The van der Waals surface area contributed by atoms with Crippen molar-refractivity contribution in [3.05, 3.63) is 59.7 Å². The molecule has 0 bridgehead atoms. The van der Waals surface area contributed by atoms with Crippen LogP contribution in [-0.4, -0.2) is 43.7 Å². The Labute approximate surface area is 142 Å². The van der Waals surface area contributed by atoms with Gasteiger partial charge in [-0.15, -0.1) is 0 Å². The molecule has 2 aromatic carbocycles. The summed E-state index contributed by atoms with van der Waals surface area (Å²) < 4.78 is 10.3. The number of benzene rings is 2. The average molecular weight is 329 g/mol. The molecule has 0 saturated carbocycles. The number of likely N-dealkylation sites (N-methyl/N-ethyl adjacent to an activating group) is 1. The van der Waals surface area contributed by atoms with Crippen LogP contribution in [0.15, 0.2) is 48.5 Å². The largest absolute Gasteiger partial charge is 0.497 e. The molecule has 0 fully saturated rings. The first-order valence-electron chi connectivity index (χ1n) is 7.72. The fourth-order valence-electron chi connectivity index (χ4n) is 2.37. The van der Waals surface area contributed by atoms with Gasteiger partial charge < -0.3 is 19.5 Å². The molecule has 0 aliphatic heterocycles. The van der Waals surface area contributed by atoms with E-state index in [2.05, 4.69) is 0 Å². The summed E-state index contributed by atoms with van der Waals surface area (Å²) in [4.78, 5) is 13.9. The highest BCUT2D eigenvalue weighted by molar-refractivity contribution is 5.78. The predicted octanol–water partition coefficient (Wildman–Crippen LogP) is 2.44. The zero-order chi connectivity index (χ0) is 17.5. The summed E-state index contributed by atoms with van der Waals surface area (Å²) in [5.74, 6) is 1.38. The zero-order valence-electron chi connectivity index (χ0n) is 14.2. The van der Waals surface area contributed by atoms with Crippen molar-refractivity contribution < 1.29 is 19.4 Å². The van der Waals surface area contributed by atoms with Crippen LogP contribution in [0.3, 0.4) is 0 Å². The van der Waals surface area contributed by atoms with Crippen LogP contribution in [0.25, 0.3) is 0 Å². The molecule has 0 saturated heterocycles. The second kappa shape index (κ2) is 8.36. The summed E-state index contributed by atoms with van der Waals surface area (Å²) in [6, 6.07) is 14.6. The van der Waals surface area contributed by atoms with E-state index in [1.807, 2.05) is 42.5 Å². The number of ether oxygens (including phenoxy) is 2. The maximum atomic E-state index is 12.3. The number of nitrogens with zero attached hydrogens (tertiary/aromatic N) is 1. The van der Waals surface area contributed by atoms with Crippen LogP contribution in [0.1, 0.15) is 17.2 Å². The highest BCUT2D eigenvalue weighted by Gasteiger charge is 2.16. The highest BCUT2D eigenvalue weighted by atomic mass is 16.5. The van der Waals surface area contributed by atoms with Gasteiger partial charge in [0.25, 0.3) is 0 Å². The number of methoxy groups -OCH3 is 2. The van der Waals surface area contributed by atoms with Gasteiger partial charge >= 0.3 is 0 Å². The van der Waals surface area contributed by atoms with E-state index < -0.39 is 6.10 Å². The molecule has 128 valence electrons. The quantitative estimate of drug-likeness (QED) is 0.848. The number of carbonyl (C=O) groups is 1. The molecule has 0 heterocycles. The van der Waals surface area contributed by atoms with E-state index in [-0.39, 0.29) is 18.9 Å². The Hall–Kier alpha value is -2.53. The lowest BCUT2D eigenvalue weighted by Crippen LogP contribution is -2.32. The second-order valence-corrected chi connectivity index (χ2v) is 5.59. The van der Waals surface area contributed by atoms with Crippen molar-refractivity contribution >= 4 is 5.91 Å². The van der Waals surface area contributed by atoms with E-state index in [1.165, 1.54) is 4.90 Å². The van der Waals surface area contributed by atoms with Gasteiger partial charge in [-0.2, -0.15) is 0 Å². The maximum Gasteiger partial charge on any atom is 0.226 e. The predicted molar refractivity (Wildman–Crippen MR) is 92.3 cm³/mol. The number of carbonyl (C=O) groups excluding carboxylic acids is 1. The van der Waals surface area contributed by atoms with Gasteiger partial charge in [-0.3, -0.25) is 4.79 Å². The molecule has 5 nitrogen and oxygen atoms in total. The summed E-state index contributed by atoms with van der Waals surface area (Å²) in [6.45, 7) is 0.224. The molecule has 1 atom stereocenters. The van der Waals surface area contributed by atoms with Gasteiger partial charge in [0.2, 0.25) is 5.91 Å². The smallest absolute Gasteiger partial charge is 0.226 e. The van der Waals surface area contributed by atoms with Crippen LogP contribution >= 0.6 is 0 Å². The summed E-state index contributed by atoms with van der Waals surface area (Å²) in [7, 11) is 4.87. The lowest BCUT2D eigenvalue weighted by atomic mass is 10.1. The molecule has 0 spiro atoms. The van der Waals surface area contributed by atoms with Gasteiger partial charge in [0, 0.05) is 7.05 Å². The monoisotopic (exact) mass is 329 g/mol. The number of hydrogen-bond donors (Lipinski definition) is 1. The van der Waals surface area contributed by atoms with Gasteiger partial charge in [-0.05, 0) is 35.4 Å². The van der Waals surface area contributed by atoms with Crippen molar-refractivity contribution in [2.45, 2.75) is 12.5 Å². The van der Waals surface area contributed by atoms with Crippen molar-refractivity contribution in [2.75, 3.05) is 27.8 Å². The summed E-state index contributed by atoms with van der Waals surface area (Å²) in [6.07, 6.45) is -0.476. The van der Waals surface area contributed by atoms with Gasteiger partial charge in [0.1, 0.15) is 11.5 Å². The Morgan fingerprint density at radius 2 is 1.75 bits per heavy atom. The van der Waals surface area contributed by atoms with E-state index >= 15 is 0 Å². The molecule has 2 rings (SSSR count). The molecule has 0 radical (unpaired) electrons. The van der Waals surface area contributed by atoms with E-state index in [9.17, 15) is 9.90 Å². The number of amides is 1. The Kier molecular flexibility index (Phi) is 6.21. The van der Waals surface area contributed by atoms with Gasteiger partial charge in [0.15, 0.2) is 0 Å². The Balaban J connectivity index is 1.94. The fraction of sp³-hybridized carbons (Fsp3) is 0.316. The number of hydrogen-bond acceptors (Lipinski definition) is 4. The summed E-state index contributed by atoms with van der Waals surface area (Å²) in [5, 5.41) is 10.3. The molecule has 1 amide bonds. The summed E-state index contributed by atoms with van der Waals surface area (Å²) in [5.41, 5.74) is 1.63. The average Bonchev–Trinajstić information content (AvgIpc) is 2.62. The lowest BCUT2D eigenvalue weighted by molar-refractivity contribution is -0.130. The molecular formula is C19H23NO4. The fourth-order valence-corrected chi connectivity index (χ4v) is 2.37. The van der Waals surface area contributed by atoms with Crippen LogP contribution in [-0.2, 0) is 11.2 Å². The van der Waals surface area contributed by atoms with Crippen molar-refractivity contribution in [1.29, 1.82) is 0 Å². The third-order valence-electron chi connectivity index (χ3n) is 3.87. The van der Waals surface area contributed by atoms with Gasteiger partial charge in [-0.25, -0.2) is 0 Å². The van der Waals surface area contributed by atoms with Gasteiger partial charge in [0.05, 0.1) is 33.3 Å². The van der Waals surface area contributed by atoms with Crippen LogP contribution < -0.4 is 9.47 Å². The highest BCUT2D eigenvalue weighted by Crippen LogP contribution is 2.20. The van der Waals surface area contributed by atoms with Crippen molar-refractivity contribution in [3.8, 4) is 11.5 Å². The maximum absolute atomic E-state index is 12.3. The molecule has 1 unspecified atom stereocenters. The first-order chi connectivity index (χ1) is 11.5. The Bertz CT molecular complexity index is 669. The van der Waals surface area contributed by atoms with Crippen LogP contribution in [0.5, 0.6) is 11.5 Å². The number of rotatable bonds is 7. The molecule has 5 heteroatoms.